The molecule has 9 nitrogen and oxygen atoms in total. The quantitative estimate of drug-likeness (QED) is 0.313. The zero-order chi connectivity index (χ0) is 20.1. The second kappa shape index (κ2) is 13.2. The van der Waals surface area contributed by atoms with Crippen LogP contribution in [0.2, 0.25) is 0 Å². The largest absolute Gasteiger partial charge is 0.487 e. The lowest BCUT2D eigenvalue weighted by molar-refractivity contribution is 0.0526. The Morgan fingerprint density at radius 1 is 1.07 bits per heavy atom. The molecule has 0 fully saturated rings. The topological polar surface area (TPSA) is 116 Å². The Balaban J connectivity index is 3.16. The summed E-state index contributed by atoms with van der Waals surface area (Å²) in [5.74, 6) is 0.218. The number of aliphatic hydroxyl groups is 2. The van der Waals surface area contributed by atoms with E-state index in [2.05, 4.69) is 5.32 Å². The number of nitrogens with one attached hydrogen (secondary N) is 1. The lowest BCUT2D eigenvalue weighted by Gasteiger charge is -2.18. The van der Waals surface area contributed by atoms with E-state index in [1.165, 1.54) is 6.07 Å². The smallest absolute Gasteiger partial charge is 0.340 e. The molecular weight excluding hydrogens is 358 g/mol. The van der Waals surface area contributed by atoms with Crippen LogP contribution in [0.1, 0.15) is 17.3 Å². The number of aliphatic hydroxyl groups excluding tert-OH is 2. The SMILES string of the molecule is CCOC(=O)c1cc(OCCOC)c(OCCOC)cc1NCC(O)CO. The molecule has 1 atom stereocenters. The van der Waals surface area contributed by atoms with Crippen LogP contribution >= 0.6 is 0 Å². The average Bonchev–Trinajstić information content (AvgIpc) is 2.67. The highest BCUT2D eigenvalue weighted by Gasteiger charge is 2.19. The molecule has 3 N–H and O–H groups in total. The number of hydrogen-bond donors (Lipinski definition) is 3. The molecule has 0 saturated heterocycles. The van der Waals surface area contributed by atoms with Crippen molar-refractivity contribution in [1.82, 2.24) is 0 Å². The van der Waals surface area contributed by atoms with E-state index < -0.39 is 18.7 Å². The van der Waals surface area contributed by atoms with E-state index in [0.717, 1.165) is 0 Å². The van der Waals surface area contributed by atoms with Crippen molar-refractivity contribution in [3.63, 3.8) is 0 Å². The van der Waals surface area contributed by atoms with Crippen molar-refractivity contribution in [3.05, 3.63) is 17.7 Å². The summed E-state index contributed by atoms with van der Waals surface area (Å²) in [7, 11) is 3.12. The number of anilines is 1. The van der Waals surface area contributed by atoms with Crippen LogP contribution < -0.4 is 14.8 Å². The Morgan fingerprint density at radius 3 is 2.19 bits per heavy atom. The number of ether oxygens (including phenoxy) is 5. The van der Waals surface area contributed by atoms with Gasteiger partial charge in [0.1, 0.15) is 13.2 Å². The molecule has 0 saturated carbocycles. The van der Waals surface area contributed by atoms with Gasteiger partial charge in [-0.3, -0.25) is 0 Å². The number of rotatable bonds is 14. The Bertz CT molecular complexity index is 567. The maximum absolute atomic E-state index is 12.3. The van der Waals surface area contributed by atoms with Gasteiger partial charge in [-0.1, -0.05) is 0 Å². The first-order valence-electron chi connectivity index (χ1n) is 8.68. The van der Waals surface area contributed by atoms with Crippen LogP contribution in [0.4, 0.5) is 5.69 Å². The summed E-state index contributed by atoms with van der Waals surface area (Å²) in [6.45, 7) is 2.87. The minimum Gasteiger partial charge on any atom is -0.487 e. The maximum Gasteiger partial charge on any atom is 0.340 e. The highest BCUT2D eigenvalue weighted by atomic mass is 16.6. The summed E-state index contributed by atoms with van der Waals surface area (Å²) in [6.07, 6.45) is -0.976. The number of carbonyl (C=O) groups is 1. The van der Waals surface area contributed by atoms with Crippen molar-refractivity contribution in [2.24, 2.45) is 0 Å². The Labute approximate surface area is 159 Å². The molecule has 154 valence electrons. The van der Waals surface area contributed by atoms with E-state index in [-0.39, 0.29) is 31.9 Å². The van der Waals surface area contributed by atoms with E-state index in [4.69, 9.17) is 28.8 Å². The number of esters is 1. The van der Waals surface area contributed by atoms with Crippen molar-refractivity contribution < 1.29 is 38.7 Å². The van der Waals surface area contributed by atoms with Crippen LogP contribution in [0.25, 0.3) is 0 Å². The minimum atomic E-state index is -0.976. The third-order valence-corrected chi connectivity index (χ3v) is 3.41. The van der Waals surface area contributed by atoms with Gasteiger partial charge in [-0.05, 0) is 6.92 Å². The fourth-order valence-electron chi connectivity index (χ4n) is 2.07. The van der Waals surface area contributed by atoms with Crippen LogP contribution in [-0.2, 0) is 14.2 Å². The van der Waals surface area contributed by atoms with E-state index in [1.54, 1.807) is 27.2 Å². The zero-order valence-corrected chi connectivity index (χ0v) is 16.0. The normalized spacial score (nSPS) is 11.7. The Kier molecular flexibility index (Phi) is 11.2. The van der Waals surface area contributed by atoms with E-state index in [9.17, 15) is 9.90 Å². The van der Waals surface area contributed by atoms with Crippen molar-refractivity contribution in [1.29, 1.82) is 0 Å². The van der Waals surface area contributed by atoms with Gasteiger partial charge in [0.25, 0.3) is 0 Å². The molecular formula is C18H29NO8. The molecule has 0 heterocycles. The van der Waals surface area contributed by atoms with Crippen LogP contribution in [0.3, 0.4) is 0 Å². The van der Waals surface area contributed by atoms with Crippen LogP contribution in [0.15, 0.2) is 12.1 Å². The highest BCUT2D eigenvalue weighted by Crippen LogP contribution is 2.34. The van der Waals surface area contributed by atoms with Gasteiger partial charge >= 0.3 is 5.97 Å². The third kappa shape index (κ3) is 8.00. The minimum absolute atomic E-state index is 0.0459. The first-order chi connectivity index (χ1) is 13.1. The number of methoxy groups -OCH3 is 2. The molecule has 1 aromatic carbocycles. The Hall–Kier alpha value is -2.07. The first-order valence-corrected chi connectivity index (χ1v) is 8.68. The summed E-state index contributed by atoms with van der Waals surface area (Å²) in [4.78, 5) is 12.3. The van der Waals surface area contributed by atoms with Crippen LogP contribution in [0, 0.1) is 0 Å². The number of carbonyl (C=O) groups excluding carboxylic acids is 1. The monoisotopic (exact) mass is 387 g/mol. The standard InChI is InChI=1S/C18H29NO8/c1-4-25-18(22)14-9-16(26-7-5-23-2)17(27-8-6-24-3)10-15(14)19-11-13(21)12-20/h9-10,13,19-21H,4-8,11-12H2,1-3H3. The zero-order valence-electron chi connectivity index (χ0n) is 16.0. The van der Waals surface area contributed by atoms with Gasteiger partial charge in [0.05, 0.1) is 43.8 Å². The number of benzene rings is 1. The van der Waals surface area contributed by atoms with Gasteiger partial charge in [-0.15, -0.1) is 0 Å². The van der Waals surface area contributed by atoms with Gasteiger partial charge in [-0.25, -0.2) is 4.79 Å². The molecule has 1 aromatic rings. The predicted octanol–water partition coefficient (Wildman–Crippen LogP) is 0.679. The van der Waals surface area contributed by atoms with Gasteiger partial charge in [-0.2, -0.15) is 0 Å². The lowest BCUT2D eigenvalue weighted by atomic mass is 10.1. The average molecular weight is 387 g/mol. The number of hydrogen-bond acceptors (Lipinski definition) is 9. The second-order valence-corrected chi connectivity index (χ2v) is 5.46. The lowest BCUT2D eigenvalue weighted by Crippen LogP contribution is -2.24. The molecule has 1 rings (SSSR count). The first kappa shape index (κ1) is 23.0. The third-order valence-electron chi connectivity index (χ3n) is 3.41. The van der Waals surface area contributed by atoms with E-state index in [1.807, 2.05) is 0 Å². The fraction of sp³-hybridized carbons (Fsp3) is 0.611. The van der Waals surface area contributed by atoms with E-state index >= 15 is 0 Å². The highest BCUT2D eigenvalue weighted by molar-refractivity contribution is 5.96. The second-order valence-electron chi connectivity index (χ2n) is 5.46. The summed E-state index contributed by atoms with van der Waals surface area (Å²) in [5.41, 5.74) is 0.626. The van der Waals surface area contributed by atoms with Crippen LogP contribution in [-0.4, -0.2) is 82.7 Å². The summed E-state index contributed by atoms with van der Waals surface area (Å²) in [5, 5.41) is 21.5. The molecule has 0 aliphatic heterocycles. The van der Waals surface area contributed by atoms with Gasteiger partial charge in [0, 0.05) is 32.9 Å². The maximum atomic E-state index is 12.3. The van der Waals surface area contributed by atoms with E-state index in [0.29, 0.717) is 30.4 Å². The Morgan fingerprint density at radius 2 is 1.67 bits per heavy atom. The molecule has 1 unspecified atom stereocenters. The van der Waals surface area contributed by atoms with Crippen molar-refractivity contribution in [2.45, 2.75) is 13.0 Å². The molecule has 27 heavy (non-hydrogen) atoms. The predicted molar refractivity (Wildman–Crippen MR) is 98.7 cm³/mol. The van der Waals surface area contributed by atoms with Gasteiger partial charge in [0.15, 0.2) is 11.5 Å². The van der Waals surface area contributed by atoms with Crippen molar-refractivity contribution >= 4 is 11.7 Å². The molecule has 0 amide bonds. The van der Waals surface area contributed by atoms with Gasteiger partial charge < -0.3 is 39.2 Å². The van der Waals surface area contributed by atoms with Crippen LogP contribution in [0.5, 0.6) is 11.5 Å². The summed E-state index contributed by atoms with van der Waals surface area (Å²) < 4.78 is 26.4. The molecule has 0 aliphatic rings. The molecule has 0 bridgehead atoms. The summed E-state index contributed by atoms with van der Waals surface area (Å²) >= 11 is 0. The molecule has 0 spiro atoms. The van der Waals surface area contributed by atoms with Gasteiger partial charge in [0.2, 0.25) is 0 Å². The van der Waals surface area contributed by atoms with Crippen molar-refractivity contribution in [2.75, 3.05) is 65.7 Å². The molecule has 0 radical (unpaired) electrons. The molecule has 0 aromatic heterocycles. The van der Waals surface area contributed by atoms with Crippen molar-refractivity contribution in [3.8, 4) is 11.5 Å². The fourth-order valence-corrected chi connectivity index (χ4v) is 2.07. The summed E-state index contributed by atoms with van der Waals surface area (Å²) in [6, 6.07) is 3.11. The molecule has 9 heteroatoms. The molecule has 0 aliphatic carbocycles.